The minimum Gasteiger partial charge on any atom is -0.404 e. The molecule has 2 aromatic heterocycles. The van der Waals surface area contributed by atoms with Gasteiger partial charge in [0, 0.05) is 40.5 Å². The van der Waals surface area contributed by atoms with Crippen LogP contribution in [-0.2, 0) is 0 Å². The first-order valence-corrected chi connectivity index (χ1v) is 13.6. The van der Waals surface area contributed by atoms with Gasteiger partial charge in [0.15, 0.2) is 5.65 Å². The van der Waals surface area contributed by atoms with Gasteiger partial charge in [-0.1, -0.05) is 30.3 Å². The minimum atomic E-state index is -4.53. The van der Waals surface area contributed by atoms with Crippen LogP contribution in [-0.4, -0.2) is 69.1 Å². The molecule has 3 heterocycles. The zero-order valence-electron chi connectivity index (χ0n) is 23.6. The summed E-state index contributed by atoms with van der Waals surface area (Å²) in [5.41, 5.74) is 8.86. The molecule has 1 aliphatic rings. The number of para-hydroxylation sites is 1. The summed E-state index contributed by atoms with van der Waals surface area (Å²) >= 11 is 0. The average molecular weight is 617 g/mol. The van der Waals surface area contributed by atoms with E-state index in [2.05, 4.69) is 31.8 Å². The van der Waals surface area contributed by atoms with Gasteiger partial charge in [0.05, 0.1) is 43.7 Å². The van der Waals surface area contributed by atoms with E-state index in [0.717, 1.165) is 0 Å². The van der Waals surface area contributed by atoms with Crippen molar-refractivity contribution in [1.82, 2.24) is 24.8 Å². The molecule has 0 aliphatic carbocycles. The molecule has 0 radical (unpaired) electrons. The molecule has 12 nitrogen and oxygen atoms in total. The molecular weight excluding hydrogens is 589 g/mol. The average Bonchev–Trinajstić information content (AvgIpc) is 3.42. The second-order valence-corrected chi connectivity index (χ2v) is 10.3. The van der Waals surface area contributed by atoms with Crippen LogP contribution in [0.2, 0.25) is 0 Å². The van der Waals surface area contributed by atoms with Gasteiger partial charge in [0.2, 0.25) is 0 Å². The number of amides is 4. The van der Waals surface area contributed by atoms with Crippen molar-refractivity contribution in [2.24, 2.45) is 10.7 Å². The minimum absolute atomic E-state index is 0.106. The van der Waals surface area contributed by atoms with Gasteiger partial charge in [0.1, 0.15) is 12.1 Å². The van der Waals surface area contributed by atoms with Gasteiger partial charge in [-0.05, 0) is 30.3 Å². The number of likely N-dealkylation sites (tertiary alicyclic amines) is 1. The number of nitrogens with two attached hydrogens (primary N) is 1. The molecule has 4 amide bonds. The quantitative estimate of drug-likeness (QED) is 0.210. The van der Waals surface area contributed by atoms with E-state index in [1.807, 2.05) is 18.2 Å². The number of hydrogen-bond donors (Lipinski definition) is 4. The number of nitriles is 1. The number of allylic oxidation sites excluding steroid dienone is 1. The fourth-order valence-electron chi connectivity index (χ4n) is 4.68. The molecule has 230 valence electrons. The predicted molar refractivity (Wildman–Crippen MR) is 162 cm³/mol. The van der Waals surface area contributed by atoms with E-state index in [1.165, 1.54) is 6.20 Å². The van der Waals surface area contributed by atoms with Crippen molar-refractivity contribution in [3.8, 4) is 17.3 Å². The Morgan fingerprint density at radius 1 is 1.07 bits per heavy atom. The van der Waals surface area contributed by atoms with Crippen molar-refractivity contribution in [3.63, 3.8) is 0 Å². The van der Waals surface area contributed by atoms with Crippen molar-refractivity contribution in [2.75, 3.05) is 30.3 Å². The highest BCUT2D eigenvalue weighted by atomic mass is 19.4. The van der Waals surface area contributed by atoms with Gasteiger partial charge in [-0.15, -0.1) is 0 Å². The number of benzene rings is 2. The summed E-state index contributed by atoms with van der Waals surface area (Å²) in [6.07, 6.45) is 1.63. The van der Waals surface area contributed by atoms with Crippen LogP contribution in [0.3, 0.4) is 0 Å². The number of alkyl halides is 3. The second kappa shape index (κ2) is 12.8. The lowest BCUT2D eigenvalue weighted by Crippen LogP contribution is -2.63. The van der Waals surface area contributed by atoms with E-state index in [9.17, 15) is 28.0 Å². The van der Waals surface area contributed by atoms with E-state index >= 15 is 0 Å². The van der Waals surface area contributed by atoms with Gasteiger partial charge in [-0.25, -0.2) is 19.1 Å². The molecule has 0 spiro atoms. The fraction of sp³-hybridized carbons (Fsp3) is 0.200. The number of fused-ring (bicyclic) bond motifs is 1. The van der Waals surface area contributed by atoms with Crippen LogP contribution in [0.25, 0.3) is 22.5 Å². The highest BCUT2D eigenvalue weighted by Gasteiger charge is 2.45. The molecule has 1 saturated heterocycles. The van der Waals surface area contributed by atoms with Crippen LogP contribution in [0.5, 0.6) is 0 Å². The number of aromatic nitrogens is 3. The van der Waals surface area contributed by atoms with Crippen LogP contribution < -0.4 is 21.7 Å². The lowest BCUT2D eigenvalue weighted by Gasteiger charge is -2.46. The Labute approximate surface area is 255 Å². The molecule has 4 aromatic rings. The van der Waals surface area contributed by atoms with Crippen molar-refractivity contribution in [2.45, 2.75) is 18.1 Å². The standard InChI is InChI=1S/C30H27F3N10O2/c31-30(32,33)17-37-27(44)40-24-8-4-5-20(11-24)25-16-36-26-12-21(15-39-43(25)26)22(13-35)14-38-29(9-10-34)18-42(19-29)28(45)41-23-6-2-1-3-7-23/h1-8,11-16H,9,17-19,35H2,(H,41,45)(H2,37,40,44). The van der Waals surface area contributed by atoms with Gasteiger partial charge in [-0.2, -0.15) is 23.5 Å². The summed E-state index contributed by atoms with van der Waals surface area (Å²) in [6, 6.07) is 18.2. The molecule has 2 aromatic carbocycles. The monoisotopic (exact) mass is 616 g/mol. The molecule has 5 rings (SSSR count). The number of rotatable bonds is 8. The number of nitrogens with one attached hydrogen (secondary N) is 3. The molecule has 1 fully saturated rings. The Kier molecular flexibility index (Phi) is 8.66. The van der Waals surface area contributed by atoms with Crippen LogP contribution in [0.15, 0.2) is 84.2 Å². The first-order chi connectivity index (χ1) is 21.6. The molecule has 15 heteroatoms. The molecule has 0 unspecified atom stereocenters. The summed E-state index contributed by atoms with van der Waals surface area (Å²) < 4.78 is 38.8. The van der Waals surface area contributed by atoms with Crippen molar-refractivity contribution in [3.05, 3.63) is 84.8 Å². The lowest BCUT2D eigenvalue weighted by atomic mass is 9.87. The number of imidazole rings is 1. The number of nitrogens with zero attached hydrogens (tertiary/aromatic N) is 6. The van der Waals surface area contributed by atoms with Gasteiger partial charge in [-0.3, -0.25) is 4.99 Å². The summed E-state index contributed by atoms with van der Waals surface area (Å²) in [4.78, 5) is 35.2. The van der Waals surface area contributed by atoms with Gasteiger partial charge in [0.25, 0.3) is 0 Å². The van der Waals surface area contributed by atoms with Crippen LogP contribution in [0, 0.1) is 11.3 Å². The summed E-state index contributed by atoms with van der Waals surface area (Å²) in [5, 5.41) is 20.9. The molecule has 45 heavy (non-hydrogen) atoms. The fourth-order valence-corrected chi connectivity index (χ4v) is 4.68. The van der Waals surface area contributed by atoms with Crippen molar-refractivity contribution < 1.29 is 22.8 Å². The largest absolute Gasteiger partial charge is 0.405 e. The maximum Gasteiger partial charge on any atom is 0.405 e. The molecular formula is C30H27F3N10O2. The topological polar surface area (TPSA) is 166 Å². The first kappa shape index (κ1) is 30.5. The van der Waals surface area contributed by atoms with Crippen molar-refractivity contribution >= 4 is 40.9 Å². The first-order valence-electron chi connectivity index (χ1n) is 13.6. The second-order valence-electron chi connectivity index (χ2n) is 10.3. The van der Waals surface area contributed by atoms with Gasteiger partial charge < -0.3 is 26.6 Å². The van der Waals surface area contributed by atoms with E-state index in [4.69, 9.17) is 5.73 Å². The van der Waals surface area contributed by atoms with Crippen molar-refractivity contribution in [1.29, 1.82) is 5.26 Å². The Hall–Kier alpha value is -5.91. The third-order valence-corrected chi connectivity index (χ3v) is 6.91. The Bertz CT molecular complexity index is 1810. The molecule has 5 N–H and O–H groups in total. The third-order valence-electron chi connectivity index (χ3n) is 6.91. The number of anilines is 2. The number of carbonyl (C=O) groups excluding carboxylic acids is 2. The number of halogens is 3. The highest BCUT2D eigenvalue weighted by Crippen LogP contribution is 2.30. The number of aliphatic imine (C=N–C) groups is 1. The maximum absolute atomic E-state index is 12.6. The lowest BCUT2D eigenvalue weighted by molar-refractivity contribution is -0.122. The normalized spacial score (nSPS) is 14.5. The summed E-state index contributed by atoms with van der Waals surface area (Å²) in [5.74, 6) is 0. The van der Waals surface area contributed by atoms with E-state index in [1.54, 1.807) is 75.8 Å². The Balaban J connectivity index is 1.28. The molecule has 1 aliphatic heterocycles. The molecule has 0 saturated carbocycles. The van der Waals surface area contributed by atoms with Gasteiger partial charge >= 0.3 is 18.2 Å². The zero-order valence-corrected chi connectivity index (χ0v) is 23.6. The molecule has 0 atom stereocenters. The Morgan fingerprint density at radius 2 is 1.82 bits per heavy atom. The third kappa shape index (κ3) is 7.36. The zero-order chi connectivity index (χ0) is 32.0. The Morgan fingerprint density at radius 3 is 2.53 bits per heavy atom. The number of urea groups is 2. The SMILES string of the molecule is N#CCC1(N=CC(=CN)c2cnn3c(-c4cccc(NC(=O)NCC(F)(F)F)c4)cnc3c2)CN(C(=O)Nc2ccccc2)C1. The van der Waals surface area contributed by atoms with Crippen LogP contribution >= 0.6 is 0 Å². The molecule has 0 bridgehead atoms. The highest BCUT2D eigenvalue weighted by molar-refractivity contribution is 6.10. The van der Waals surface area contributed by atoms with E-state index in [0.29, 0.717) is 33.7 Å². The van der Waals surface area contributed by atoms with E-state index < -0.39 is 24.3 Å². The maximum atomic E-state index is 12.6. The van der Waals surface area contributed by atoms with Crippen LogP contribution in [0.1, 0.15) is 12.0 Å². The summed E-state index contributed by atoms with van der Waals surface area (Å²) in [7, 11) is 0. The number of hydrogen-bond acceptors (Lipinski definition) is 7. The number of carbonyl (C=O) groups is 2. The van der Waals surface area contributed by atoms with Crippen LogP contribution in [0.4, 0.5) is 34.1 Å². The smallest absolute Gasteiger partial charge is 0.404 e. The van der Waals surface area contributed by atoms with E-state index in [-0.39, 0.29) is 31.2 Å². The predicted octanol–water partition coefficient (Wildman–Crippen LogP) is 4.65. The summed E-state index contributed by atoms with van der Waals surface area (Å²) in [6.45, 7) is -0.940.